The number of amides is 2. The summed E-state index contributed by atoms with van der Waals surface area (Å²) in [5.74, 6) is 2.82. The predicted octanol–water partition coefficient (Wildman–Crippen LogP) is 3.95. The molecule has 2 amide bonds. The first-order chi connectivity index (χ1) is 11.8. The molecule has 5 rings (SSSR count). The number of nitrogens with one attached hydrogen (secondary N) is 2. The van der Waals surface area contributed by atoms with Crippen LogP contribution in [0, 0.1) is 34.5 Å². The minimum atomic E-state index is 0.0502. The molecule has 4 saturated carbocycles. The molecule has 1 heterocycles. The minimum Gasteiger partial charge on any atom is -0.381 e. The highest BCUT2D eigenvalue weighted by Crippen LogP contribution is 2.63. The van der Waals surface area contributed by atoms with Crippen molar-refractivity contribution in [3.05, 3.63) is 0 Å². The number of carbonyl (C=O) groups excluding carboxylic acids is 1. The van der Waals surface area contributed by atoms with E-state index in [2.05, 4.69) is 31.4 Å². The van der Waals surface area contributed by atoms with E-state index in [4.69, 9.17) is 4.74 Å². The second kappa shape index (κ2) is 6.44. The Morgan fingerprint density at radius 3 is 2.48 bits per heavy atom. The van der Waals surface area contributed by atoms with Gasteiger partial charge in [-0.15, -0.1) is 0 Å². The van der Waals surface area contributed by atoms with E-state index in [9.17, 15) is 4.79 Å². The molecule has 0 aromatic rings. The first-order valence-corrected chi connectivity index (χ1v) is 10.4. The van der Waals surface area contributed by atoms with Crippen molar-refractivity contribution in [2.24, 2.45) is 34.5 Å². The van der Waals surface area contributed by atoms with Crippen LogP contribution in [0.3, 0.4) is 0 Å². The van der Waals surface area contributed by atoms with Crippen LogP contribution < -0.4 is 10.6 Å². The van der Waals surface area contributed by atoms with Gasteiger partial charge in [-0.05, 0) is 73.5 Å². The Hall–Kier alpha value is -0.770. The second-order valence-corrected chi connectivity index (χ2v) is 10.8. The highest BCUT2D eigenvalue weighted by atomic mass is 16.5. The number of carbonyl (C=O) groups is 1. The van der Waals surface area contributed by atoms with Crippen LogP contribution in [-0.4, -0.2) is 31.8 Å². The number of urea groups is 1. The van der Waals surface area contributed by atoms with Gasteiger partial charge in [0.15, 0.2) is 0 Å². The average Bonchev–Trinajstić information content (AvgIpc) is 2.99. The van der Waals surface area contributed by atoms with Crippen molar-refractivity contribution in [2.45, 2.75) is 71.8 Å². The van der Waals surface area contributed by atoms with Crippen LogP contribution in [-0.2, 0) is 4.74 Å². The second-order valence-electron chi connectivity index (χ2n) is 10.8. The van der Waals surface area contributed by atoms with Crippen molar-refractivity contribution in [1.82, 2.24) is 10.6 Å². The summed E-state index contributed by atoms with van der Waals surface area (Å²) in [5, 5.41) is 6.48. The molecule has 0 spiro atoms. The van der Waals surface area contributed by atoms with E-state index < -0.39 is 0 Å². The molecule has 1 aliphatic heterocycles. The Balaban J connectivity index is 1.34. The predicted molar refractivity (Wildman–Crippen MR) is 99.3 cm³/mol. The van der Waals surface area contributed by atoms with Crippen LogP contribution in [0.5, 0.6) is 0 Å². The molecule has 0 aromatic carbocycles. The average molecular weight is 349 g/mol. The number of ether oxygens (including phenoxy) is 1. The first kappa shape index (κ1) is 17.6. The van der Waals surface area contributed by atoms with Crippen LogP contribution in [0.1, 0.15) is 65.7 Å². The maximum Gasteiger partial charge on any atom is 0.315 e. The van der Waals surface area contributed by atoms with Crippen molar-refractivity contribution in [3.8, 4) is 0 Å². The Morgan fingerprint density at radius 2 is 1.88 bits per heavy atom. The molecule has 3 unspecified atom stereocenters. The van der Waals surface area contributed by atoms with Gasteiger partial charge in [-0.3, -0.25) is 0 Å². The lowest BCUT2D eigenvalue weighted by Gasteiger charge is -2.61. The molecular formula is C21H36N2O2. The summed E-state index contributed by atoms with van der Waals surface area (Å²) in [4.78, 5) is 12.4. The van der Waals surface area contributed by atoms with Gasteiger partial charge < -0.3 is 15.4 Å². The molecule has 4 heteroatoms. The van der Waals surface area contributed by atoms with E-state index in [1.54, 1.807) is 0 Å². The summed E-state index contributed by atoms with van der Waals surface area (Å²) < 4.78 is 5.40. The highest BCUT2D eigenvalue weighted by Gasteiger charge is 2.56. The maximum absolute atomic E-state index is 12.4. The zero-order chi connectivity index (χ0) is 17.7. The Bertz CT molecular complexity index is 491. The van der Waals surface area contributed by atoms with Crippen molar-refractivity contribution < 1.29 is 9.53 Å². The van der Waals surface area contributed by atoms with Crippen LogP contribution in [0.25, 0.3) is 0 Å². The Kier molecular flexibility index (Phi) is 4.54. The van der Waals surface area contributed by atoms with Crippen molar-refractivity contribution in [3.63, 3.8) is 0 Å². The molecule has 0 radical (unpaired) electrons. The third-order valence-electron chi connectivity index (χ3n) is 7.18. The van der Waals surface area contributed by atoms with E-state index in [0.717, 1.165) is 32.1 Å². The molecule has 1 saturated heterocycles. The summed E-state index contributed by atoms with van der Waals surface area (Å²) in [7, 11) is 0. The number of rotatable bonds is 4. The van der Waals surface area contributed by atoms with E-state index in [-0.39, 0.29) is 6.03 Å². The lowest BCUT2D eigenvalue weighted by molar-refractivity contribution is -0.0901. The number of hydrogen-bond acceptors (Lipinski definition) is 2. The lowest BCUT2D eigenvalue weighted by Crippen LogP contribution is -2.61. The van der Waals surface area contributed by atoms with Gasteiger partial charge in [-0.25, -0.2) is 4.79 Å². The van der Waals surface area contributed by atoms with E-state index >= 15 is 0 Å². The molecule has 142 valence electrons. The third-order valence-corrected chi connectivity index (χ3v) is 7.18. The summed E-state index contributed by atoms with van der Waals surface area (Å²) >= 11 is 0. The highest BCUT2D eigenvalue weighted by molar-refractivity contribution is 5.74. The fraction of sp³-hybridized carbons (Fsp3) is 0.952. The Morgan fingerprint density at radius 1 is 1.16 bits per heavy atom. The van der Waals surface area contributed by atoms with Crippen molar-refractivity contribution in [1.29, 1.82) is 0 Å². The lowest BCUT2D eigenvalue weighted by atomic mass is 9.46. The fourth-order valence-corrected chi connectivity index (χ4v) is 6.95. The summed E-state index contributed by atoms with van der Waals surface area (Å²) in [6.45, 7) is 9.57. The molecule has 4 nitrogen and oxygen atoms in total. The third kappa shape index (κ3) is 3.84. The monoisotopic (exact) mass is 348 g/mol. The molecule has 4 aliphatic carbocycles. The quantitative estimate of drug-likeness (QED) is 0.808. The van der Waals surface area contributed by atoms with Crippen molar-refractivity contribution in [2.75, 3.05) is 19.8 Å². The smallest absolute Gasteiger partial charge is 0.315 e. The fourth-order valence-electron chi connectivity index (χ4n) is 6.95. The summed E-state index contributed by atoms with van der Waals surface area (Å²) in [6, 6.07) is 0.457. The van der Waals surface area contributed by atoms with Crippen LogP contribution in [0.15, 0.2) is 0 Å². The zero-order valence-electron chi connectivity index (χ0n) is 16.3. The maximum atomic E-state index is 12.4. The SMILES string of the molecule is CC(C)(C)CC12CC3CC(C1)C(NC(=O)NCC1CCOC1)C(C3)C2. The normalized spacial score (nSPS) is 42.6. The molecule has 5 aliphatic rings. The van der Waals surface area contributed by atoms with Crippen LogP contribution in [0.4, 0.5) is 4.79 Å². The van der Waals surface area contributed by atoms with Gasteiger partial charge >= 0.3 is 6.03 Å². The van der Waals surface area contributed by atoms with Gasteiger partial charge in [0.2, 0.25) is 0 Å². The van der Waals surface area contributed by atoms with Crippen LogP contribution in [0.2, 0.25) is 0 Å². The summed E-state index contributed by atoms with van der Waals surface area (Å²) in [6.07, 6.45) is 9.21. The van der Waals surface area contributed by atoms with Crippen LogP contribution >= 0.6 is 0 Å². The summed E-state index contributed by atoms with van der Waals surface area (Å²) in [5.41, 5.74) is 0.972. The largest absolute Gasteiger partial charge is 0.381 e. The van der Waals surface area contributed by atoms with Gasteiger partial charge in [-0.1, -0.05) is 20.8 Å². The van der Waals surface area contributed by atoms with Gasteiger partial charge in [0.25, 0.3) is 0 Å². The molecular weight excluding hydrogens is 312 g/mol. The van der Waals surface area contributed by atoms with E-state index in [0.29, 0.717) is 34.6 Å². The zero-order valence-corrected chi connectivity index (χ0v) is 16.3. The molecule has 2 N–H and O–H groups in total. The van der Waals surface area contributed by atoms with Gasteiger partial charge in [-0.2, -0.15) is 0 Å². The Labute approximate surface area is 152 Å². The van der Waals surface area contributed by atoms with Crippen molar-refractivity contribution >= 4 is 6.03 Å². The minimum absolute atomic E-state index is 0.0502. The molecule has 3 atom stereocenters. The standard InChI is InChI=1S/C21H36N2O2/c1-20(2,3)13-21-8-15-6-16(9-21)18(17(7-15)10-21)23-19(24)22-11-14-4-5-25-12-14/h14-18H,4-13H2,1-3H3,(H2,22,23,24). The molecule has 25 heavy (non-hydrogen) atoms. The van der Waals surface area contributed by atoms with E-state index in [1.165, 1.54) is 38.5 Å². The number of hydrogen-bond donors (Lipinski definition) is 2. The molecule has 5 fully saturated rings. The molecule has 0 aromatic heterocycles. The first-order valence-electron chi connectivity index (χ1n) is 10.4. The topological polar surface area (TPSA) is 50.4 Å². The van der Waals surface area contributed by atoms with Gasteiger partial charge in [0.1, 0.15) is 0 Å². The van der Waals surface area contributed by atoms with Gasteiger partial charge in [0, 0.05) is 25.1 Å². The van der Waals surface area contributed by atoms with Gasteiger partial charge in [0.05, 0.1) is 6.61 Å². The van der Waals surface area contributed by atoms with E-state index in [1.807, 2.05) is 0 Å². The molecule has 4 bridgehead atoms.